The Labute approximate surface area is 196 Å². The number of rotatable bonds is 7. The fourth-order valence-corrected chi connectivity index (χ4v) is 4.16. The average molecular weight is 470 g/mol. The molecule has 8 nitrogen and oxygen atoms in total. The molecule has 0 aliphatic carbocycles. The van der Waals surface area contributed by atoms with Crippen LogP contribution in [-0.2, 0) is 22.4 Å². The third kappa shape index (κ3) is 4.92. The van der Waals surface area contributed by atoms with Crippen LogP contribution in [0.1, 0.15) is 11.1 Å². The first-order valence-electron chi connectivity index (χ1n) is 11.2. The van der Waals surface area contributed by atoms with Crippen LogP contribution in [0.15, 0.2) is 42.6 Å². The highest BCUT2D eigenvalue weighted by molar-refractivity contribution is 5.83. The lowest BCUT2D eigenvalue weighted by Gasteiger charge is -2.32. The van der Waals surface area contributed by atoms with Crippen LogP contribution < -0.4 is 19.5 Å². The van der Waals surface area contributed by atoms with Crippen molar-refractivity contribution in [3.8, 4) is 17.2 Å². The van der Waals surface area contributed by atoms with E-state index in [0.29, 0.717) is 55.2 Å². The number of aliphatic hydroxyl groups excluding tert-OH is 1. The molecule has 3 heterocycles. The number of pyridine rings is 1. The van der Waals surface area contributed by atoms with Gasteiger partial charge >= 0.3 is 0 Å². The fourth-order valence-electron chi connectivity index (χ4n) is 4.16. The normalized spacial score (nSPS) is 20.8. The van der Waals surface area contributed by atoms with E-state index in [0.717, 1.165) is 23.3 Å². The van der Waals surface area contributed by atoms with Crippen molar-refractivity contribution < 1.29 is 33.2 Å². The van der Waals surface area contributed by atoms with Crippen LogP contribution >= 0.6 is 0 Å². The standard InChI is InChI=1S/C25H27FN2O6/c1-30-17-3-4-21-19(9-17)18(20(26)12-28-21)10-22(29)25-33-13-16(14-34-25)27-11-15-2-5-23-24(8-15)32-7-6-31-23/h2-5,8-9,12,16,22,25,27,29H,6-7,10-11,13-14H2,1H3/t16?,22-,25?/m0/s1. The Morgan fingerprint density at radius 2 is 1.91 bits per heavy atom. The van der Waals surface area contributed by atoms with Crippen molar-refractivity contribution in [3.05, 3.63) is 59.5 Å². The third-order valence-electron chi connectivity index (χ3n) is 5.99. The van der Waals surface area contributed by atoms with Gasteiger partial charge < -0.3 is 34.1 Å². The first-order valence-corrected chi connectivity index (χ1v) is 11.2. The summed E-state index contributed by atoms with van der Waals surface area (Å²) in [6.07, 6.45) is -0.694. The molecule has 2 aliphatic rings. The van der Waals surface area contributed by atoms with Crippen LogP contribution in [0.3, 0.4) is 0 Å². The van der Waals surface area contributed by atoms with Crippen LogP contribution in [0.4, 0.5) is 4.39 Å². The second kappa shape index (κ2) is 10.1. The van der Waals surface area contributed by atoms with Gasteiger partial charge in [0.2, 0.25) is 0 Å². The number of nitrogens with zero attached hydrogens (tertiary/aromatic N) is 1. The molecular formula is C25H27FN2O6. The van der Waals surface area contributed by atoms with E-state index >= 15 is 0 Å². The topological polar surface area (TPSA) is 91.3 Å². The highest BCUT2D eigenvalue weighted by Gasteiger charge is 2.29. The summed E-state index contributed by atoms with van der Waals surface area (Å²) in [5.41, 5.74) is 2.03. The van der Waals surface area contributed by atoms with E-state index in [2.05, 4.69) is 10.3 Å². The zero-order valence-corrected chi connectivity index (χ0v) is 18.8. The zero-order chi connectivity index (χ0) is 23.5. The van der Waals surface area contributed by atoms with Crippen LogP contribution in [0.2, 0.25) is 0 Å². The lowest BCUT2D eigenvalue weighted by molar-refractivity contribution is -0.230. The number of fused-ring (bicyclic) bond motifs is 2. The third-order valence-corrected chi connectivity index (χ3v) is 5.99. The summed E-state index contributed by atoms with van der Waals surface area (Å²) in [6, 6.07) is 11.0. The molecule has 2 aliphatic heterocycles. The molecule has 9 heteroatoms. The van der Waals surface area contributed by atoms with Gasteiger partial charge in [-0.3, -0.25) is 4.98 Å². The number of hydrogen-bond donors (Lipinski definition) is 2. The Balaban J connectivity index is 1.16. The van der Waals surface area contributed by atoms with E-state index in [4.69, 9.17) is 23.7 Å². The van der Waals surface area contributed by atoms with Crippen molar-refractivity contribution in [1.82, 2.24) is 10.3 Å². The zero-order valence-electron chi connectivity index (χ0n) is 18.8. The molecular weight excluding hydrogens is 443 g/mol. The number of ether oxygens (including phenoxy) is 5. The molecule has 180 valence electrons. The van der Waals surface area contributed by atoms with Gasteiger partial charge in [0.15, 0.2) is 17.8 Å². The molecule has 0 amide bonds. The van der Waals surface area contributed by atoms with Gasteiger partial charge in [0, 0.05) is 23.9 Å². The maximum absolute atomic E-state index is 14.6. The van der Waals surface area contributed by atoms with E-state index in [1.807, 2.05) is 18.2 Å². The largest absolute Gasteiger partial charge is 0.497 e. The highest BCUT2D eigenvalue weighted by atomic mass is 19.1. The van der Waals surface area contributed by atoms with Crippen LogP contribution in [0.5, 0.6) is 17.2 Å². The molecule has 1 atom stereocenters. The Kier molecular flexibility index (Phi) is 6.77. The first-order chi connectivity index (χ1) is 16.6. The van der Waals surface area contributed by atoms with Gasteiger partial charge in [-0.1, -0.05) is 6.07 Å². The predicted octanol–water partition coefficient (Wildman–Crippen LogP) is 2.59. The number of hydrogen-bond acceptors (Lipinski definition) is 8. The van der Waals surface area contributed by atoms with Crippen LogP contribution in [-0.4, -0.2) is 62.1 Å². The van der Waals surface area contributed by atoms with E-state index in [-0.39, 0.29) is 12.5 Å². The Morgan fingerprint density at radius 1 is 1.12 bits per heavy atom. The van der Waals surface area contributed by atoms with Gasteiger partial charge in [-0.2, -0.15) is 0 Å². The Bertz CT molecular complexity index is 1150. The van der Waals surface area contributed by atoms with Gasteiger partial charge in [-0.15, -0.1) is 0 Å². The summed E-state index contributed by atoms with van der Waals surface area (Å²) in [5, 5.41) is 14.7. The molecule has 2 N–H and O–H groups in total. The fraction of sp³-hybridized carbons (Fsp3) is 0.400. The highest BCUT2D eigenvalue weighted by Crippen LogP contribution is 2.31. The quantitative estimate of drug-likeness (QED) is 0.545. The van der Waals surface area contributed by atoms with Crippen LogP contribution in [0.25, 0.3) is 10.9 Å². The molecule has 2 aromatic carbocycles. The van der Waals surface area contributed by atoms with Crippen molar-refractivity contribution in [3.63, 3.8) is 0 Å². The maximum atomic E-state index is 14.6. The minimum atomic E-state index is -1.04. The number of methoxy groups -OCH3 is 1. The number of halogens is 1. The summed E-state index contributed by atoms with van der Waals surface area (Å²) in [5.74, 6) is 1.61. The van der Waals surface area contributed by atoms with Crippen molar-refractivity contribution >= 4 is 10.9 Å². The first kappa shape index (κ1) is 22.8. The van der Waals surface area contributed by atoms with Gasteiger partial charge in [0.25, 0.3) is 0 Å². The molecule has 0 radical (unpaired) electrons. The number of benzene rings is 2. The SMILES string of the molecule is COc1ccc2ncc(F)c(C[C@H](O)C3OCC(NCc4ccc5c(c4)OCCO5)CO3)c2c1. The summed E-state index contributed by atoms with van der Waals surface area (Å²) in [4.78, 5) is 4.12. The maximum Gasteiger partial charge on any atom is 0.183 e. The van der Waals surface area contributed by atoms with Crippen molar-refractivity contribution in [2.75, 3.05) is 33.5 Å². The van der Waals surface area contributed by atoms with Gasteiger partial charge in [-0.05, 0) is 35.9 Å². The van der Waals surface area contributed by atoms with Crippen LogP contribution in [0, 0.1) is 5.82 Å². The van der Waals surface area contributed by atoms with E-state index in [9.17, 15) is 9.50 Å². The Hall–Kier alpha value is -2.98. The number of aromatic nitrogens is 1. The minimum Gasteiger partial charge on any atom is -0.497 e. The molecule has 0 unspecified atom stereocenters. The van der Waals surface area contributed by atoms with Crippen molar-refractivity contribution in [2.45, 2.75) is 31.4 Å². The lowest BCUT2D eigenvalue weighted by atomic mass is 10.0. The lowest BCUT2D eigenvalue weighted by Crippen LogP contribution is -2.48. The smallest absolute Gasteiger partial charge is 0.183 e. The number of aliphatic hydroxyl groups is 1. The molecule has 0 spiro atoms. The van der Waals surface area contributed by atoms with Crippen molar-refractivity contribution in [2.24, 2.45) is 0 Å². The molecule has 0 bridgehead atoms. The van der Waals surface area contributed by atoms with E-state index in [1.54, 1.807) is 25.3 Å². The molecule has 1 fully saturated rings. The monoisotopic (exact) mass is 470 g/mol. The molecule has 1 aromatic heterocycles. The average Bonchev–Trinajstić information content (AvgIpc) is 2.89. The number of nitrogens with one attached hydrogen (secondary N) is 1. The minimum absolute atomic E-state index is 0.0258. The Morgan fingerprint density at radius 3 is 2.71 bits per heavy atom. The van der Waals surface area contributed by atoms with Gasteiger partial charge in [-0.25, -0.2) is 4.39 Å². The molecule has 3 aromatic rings. The summed E-state index contributed by atoms with van der Waals surface area (Å²) >= 11 is 0. The second-order valence-corrected chi connectivity index (χ2v) is 8.33. The second-order valence-electron chi connectivity index (χ2n) is 8.33. The summed E-state index contributed by atoms with van der Waals surface area (Å²) in [7, 11) is 1.55. The van der Waals surface area contributed by atoms with Gasteiger partial charge in [0.05, 0.1) is 38.1 Å². The van der Waals surface area contributed by atoms with Crippen molar-refractivity contribution in [1.29, 1.82) is 0 Å². The van der Waals surface area contributed by atoms with E-state index in [1.165, 1.54) is 0 Å². The molecule has 5 rings (SSSR count). The molecule has 0 saturated carbocycles. The summed E-state index contributed by atoms with van der Waals surface area (Å²) < 4.78 is 42.5. The molecule has 34 heavy (non-hydrogen) atoms. The summed E-state index contributed by atoms with van der Waals surface area (Å²) in [6.45, 7) is 2.44. The predicted molar refractivity (Wildman–Crippen MR) is 122 cm³/mol. The molecule has 1 saturated heterocycles. The van der Waals surface area contributed by atoms with E-state index < -0.39 is 18.2 Å². The van der Waals surface area contributed by atoms with Gasteiger partial charge in [0.1, 0.15) is 30.9 Å².